The van der Waals surface area contributed by atoms with Crippen molar-refractivity contribution >= 4 is 21.5 Å². The van der Waals surface area contributed by atoms with Crippen LogP contribution in [0.1, 0.15) is 11.4 Å². The minimum absolute atomic E-state index is 1.01. The van der Waals surface area contributed by atoms with Gasteiger partial charge in [0.15, 0.2) is 0 Å². The van der Waals surface area contributed by atoms with Gasteiger partial charge in [0.1, 0.15) is 0 Å². The van der Waals surface area contributed by atoms with E-state index in [1.165, 1.54) is 99.4 Å². The van der Waals surface area contributed by atoms with Gasteiger partial charge in [-0.15, -0.1) is 0 Å². The Kier molecular flexibility index (Phi) is 9.01. The van der Waals surface area contributed by atoms with Crippen molar-refractivity contribution in [2.24, 2.45) is 0 Å². The average molecular weight is 741 g/mol. The standard InChI is InChI=1S/C56H40N2/c1-37-31-46(27-29-57-37)41-17-21-43(22-18-41)55-51-15-9-10-16-52(51)56(44-23-19-42(20-24-44)47-28-30-58-38(2)32-47)54-36-45(25-26-53(54)55)50-34-48(39-11-5-3-6-12-39)33-49(35-50)40-13-7-4-8-14-40/h3-36H,1-2H3. The largest absolute Gasteiger partial charge is 0.262 e. The molecule has 0 saturated heterocycles. The van der Waals surface area contributed by atoms with Crippen LogP contribution in [0.25, 0.3) is 99.4 Å². The van der Waals surface area contributed by atoms with Crippen molar-refractivity contribution in [1.82, 2.24) is 9.97 Å². The molecule has 2 heteroatoms. The van der Waals surface area contributed by atoms with Gasteiger partial charge in [0.2, 0.25) is 0 Å². The molecule has 0 aliphatic carbocycles. The molecule has 8 aromatic carbocycles. The Hall–Kier alpha value is -7.42. The zero-order chi connectivity index (χ0) is 39.0. The molecule has 2 nitrogen and oxygen atoms in total. The van der Waals surface area contributed by atoms with Gasteiger partial charge in [-0.25, -0.2) is 0 Å². The predicted octanol–water partition coefficient (Wildman–Crippen LogP) is 15.1. The second kappa shape index (κ2) is 14.9. The van der Waals surface area contributed by atoms with Crippen LogP contribution in [0.2, 0.25) is 0 Å². The maximum atomic E-state index is 4.43. The van der Waals surface area contributed by atoms with E-state index in [2.05, 4.69) is 204 Å². The highest BCUT2D eigenvalue weighted by atomic mass is 14.7. The van der Waals surface area contributed by atoms with Gasteiger partial charge in [-0.05, 0) is 162 Å². The SMILES string of the molecule is Cc1cc(-c2ccc(-c3c4ccccc4c(-c4ccc(-c5ccnc(C)c5)cc4)c4cc(-c5cc(-c6ccccc6)cc(-c6ccccc6)c5)ccc34)cc2)ccn1. The zero-order valence-electron chi connectivity index (χ0n) is 32.5. The summed E-state index contributed by atoms with van der Waals surface area (Å²) in [5.74, 6) is 0. The molecule has 58 heavy (non-hydrogen) atoms. The first-order chi connectivity index (χ1) is 28.6. The van der Waals surface area contributed by atoms with E-state index >= 15 is 0 Å². The Labute approximate surface area is 339 Å². The Bertz CT molecular complexity index is 3030. The molecule has 0 atom stereocenters. The summed E-state index contributed by atoms with van der Waals surface area (Å²) in [6, 6.07) is 71.0. The van der Waals surface area contributed by atoms with E-state index in [1.54, 1.807) is 0 Å². The first-order valence-corrected chi connectivity index (χ1v) is 19.9. The molecule has 0 unspecified atom stereocenters. The summed E-state index contributed by atoms with van der Waals surface area (Å²) in [7, 11) is 0. The van der Waals surface area contributed by atoms with Crippen LogP contribution in [0, 0.1) is 13.8 Å². The fourth-order valence-corrected chi connectivity index (χ4v) is 8.48. The van der Waals surface area contributed by atoms with Crippen LogP contribution in [0.3, 0.4) is 0 Å². The maximum Gasteiger partial charge on any atom is 0.0378 e. The van der Waals surface area contributed by atoms with Crippen molar-refractivity contribution in [3.63, 3.8) is 0 Å². The molecular weight excluding hydrogens is 701 g/mol. The summed E-state index contributed by atoms with van der Waals surface area (Å²) in [5, 5.41) is 4.91. The van der Waals surface area contributed by atoms with Gasteiger partial charge in [0.05, 0.1) is 0 Å². The number of nitrogens with zero attached hydrogens (tertiary/aromatic N) is 2. The van der Waals surface area contributed by atoms with Crippen molar-refractivity contribution in [3.05, 3.63) is 218 Å². The summed E-state index contributed by atoms with van der Waals surface area (Å²) in [6.07, 6.45) is 3.78. The monoisotopic (exact) mass is 740 g/mol. The van der Waals surface area contributed by atoms with E-state index in [1.807, 2.05) is 26.2 Å². The van der Waals surface area contributed by atoms with Crippen LogP contribution in [-0.2, 0) is 0 Å². The van der Waals surface area contributed by atoms with Crippen molar-refractivity contribution < 1.29 is 0 Å². The topological polar surface area (TPSA) is 25.8 Å². The zero-order valence-corrected chi connectivity index (χ0v) is 32.5. The molecule has 10 rings (SSSR count). The second-order valence-corrected chi connectivity index (χ2v) is 15.1. The number of rotatable bonds is 7. The second-order valence-electron chi connectivity index (χ2n) is 15.1. The number of aromatic nitrogens is 2. The average Bonchev–Trinajstić information content (AvgIpc) is 3.28. The van der Waals surface area contributed by atoms with Gasteiger partial charge in [-0.3, -0.25) is 9.97 Å². The number of aryl methyl sites for hydroxylation is 2. The van der Waals surface area contributed by atoms with Gasteiger partial charge in [-0.1, -0.05) is 146 Å². The highest BCUT2D eigenvalue weighted by Gasteiger charge is 2.19. The molecule has 0 amide bonds. The van der Waals surface area contributed by atoms with Crippen molar-refractivity contribution in [1.29, 1.82) is 0 Å². The van der Waals surface area contributed by atoms with Crippen LogP contribution >= 0.6 is 0 Å². The number of hydrogen-bond donors (Lipinski definition) is 0. The van der Waals surface area contributed by atoms with E-state index < -0.39 is 0 Å². The Morgan fingerprint density at radius 1 is 0.241 bits per heavy atom. The number of benzene rings is 8. The highest BCUT2D eigenvalue weighted by Crippen LogP contribution is 2.46. The van der Waals surface area contributed by atoms with Crippen molar-refractivity contribution in [3.8, 4) is 77.9 Å². The molecule has 0 aliphatic heterocycles. The molecule has 0 saturated carbocycles. The van der Waals surface area contributed by atoms with Crippen LogP contribution in [0.5, 0.6) is 0 Å². The molecule has 0 aliphatic rings. The molecule has 0 spiro atoms. The quantitative estimate of drug-likeness (QED) is 0.152. The maximum absolute atomic E-state index is 4.43. The molecule has 0 fully saturated rings. The number of hydrogen-bond acceptors (Lipinski definition) is 2. The third-order valence-electron chi connectivity index (χ3n) is 11.3. The molecule has 0 bridgehead atoms. The molecule has 10 aromatic rings. The van der Waals surface area contributed by atoms with Gasteiger partial charge in [0, 0.05) is 23.8 Å². The number of pyridine rings is 2. The van der Waals surface area contributed by atoms with Gasteiger partial charge < -0.3 is 0 Å². The van der Waals surface area contributed by atoms with Gasteiger partial charge in [0.25, 0.3) is 0 Å². The summed E-state index contributed by atoms with van der Waals surface area (Å²) in [5.41, 5.74) is 18.7. The number of fused-ring (bicyclic) bond motifs is 2. The normalized spacial score (nSPS) is 11.3. The van der Waals surface area contributed by atoms with Crippen molar-refractivity contribution in [2.75, 3.05) is 0 Å². The first kappa shape index (κ1) is 35.0. The first-order valence-electron chi connectivity index (χ1n) is 19.9. The third-order valence-corrected chi connectivity index (χ3v) is 11.3. The Morgan fingerprint density at radius 2 is 0.586 bits per heavy atom. The summed E-state index contributed by atoms with van der Waals surface area (Å²) < 4.78 is 0. The lowest BCUT2D eigenvalue weighted by molar-refractivity contribution is 1.20. The van der Waals surface area contributed by atoms with Crippen LogP contribution in [-0.4, -0.2) is 9.97 Å². The van der Waals surface area contributed by atoms with Crippen LogP contribution < -0.4 is 0 Å². The van der Waals surface area contributed by atoms with E-state index in [0.29, 0.717) is 0 Å². The molecule has 0 radical (unpaired) electrons. The van der Waals surface area contributed by atoms with Crippen LogP contribution in [0.4, 0.5) is 0 Å². The van der Waals surface area contributed by atoms with Gasteiger partial charge in [-0.2, -0.15) is 0 Å². The summed E-state index contributed by atoms with van der Waals surface area (Å²) in [4.78, 5) is 8.85. The van der Waals surface area contributed by atoms with Gasteiger partial charge >= 0.3 is 0 Å². The minimum Gasteiger partial charge on any atom is -0.262 e. The Balaban J connectivity index is 1.21. The molecule has 0 N–H and O–H groups in total. The predicted molar refractivity (Wildman–Crippen MR) is 245 cm³/mol. The van der Waals surface area contributed by atoms with E-state index in [9.17, 15) is 0 Å². The molecule has 2 aromatic heterocycles. The summed E-state index contributed by atoms with van der Waals surface area (Å²) in [6.45, 7) is 4.08. The summed E-state index contributed by atoms with van der Waals surface area (Å²) >= 11 is 0. The molecule has 274 valence electrons. The lowest BCUT2D eigenvalue weighted by atomic mass is 9.84. The Morgan fingerprint density at radius 3 is 1.05 bits per heavy atom. The van der Waals surface area contributed by atoms with Crippen molar-refractivity contribution in [2.45, 2.75) is 13.8 Å². The fraction of sp³-hybridized carbons (Fsp3) is 0.0357. The lowest BCUT2D eigenvalue weighted by Gasteiger charge is -2.19. The smallest absolute Gasteiger partial charge is 0.0378 e. The lowest BCUT2D eigenvalue weighted by Crippen LogP contribution is -1.93. The molecular formula is C56H40N2. The van der Waals surface area contributed by atoms with E-state index in [0.717, 1.165) is 11.4 Å². The van der Waals surface area contributed by atoms with E-state index in [4.69, 9.17) is 0 Å². The highest BCUT2D eigenvalue weighted by molar-refractivity contribution is 6.22. The minimum atomic E-state index is 1.01. The fourth-order valence-electron chi connectivity index (χ4n) is 8.48. The van der Waals surface area contributed by atoms with Crippen LogP contribution in [0.15, 0.2) is 207 Å². The molecule has 2 heterocycles. The van der Waals surface area contributed by atoms with E-state index in [-0.39, 0.29) is 0 Å². The third kappa shape index (κ3) is 6.65.